The lowest BCUT2D eigenvalue weighted by molar-refractivity contribution is -0.0108. The SMILES string of the molecule is Cc1c(C(=O)N2CCOC(CCl)C2)cnn1C. The van der Waals surface area contributed by atoms with Crippen LogP contribution in [0.2, 0.25) is 0 Å². The van der Waals surface area contributed by atoms with Crippen molar-refractivity contribution >= 4 is 17.5 Å². The number of amides is 1. The molecule has 0 N–H and O–H groups in total. The maximum Gasteiger partial charge on any atom is 0.257 e. The minimum atomic E-state index is -0.0636. The number of halogens is 1. The quantitative estimate of drug-likeness (QED) is 0.737. The number of hydrogen-bond acceptors (Lipinski definition) is 3. The van der Waals surface area contributed by atoms with Crippen LogP contribution in [0.1, 0.15) is 16.1 Å². The Hall–Kier alpha value is -1.07. The molecule has 0 saturated carbocycles. The molecule has 6 heteroatoms. The molecule has 2 heterocycles. The average molecular weight is 258 g/mol. The highest BCUT2D eigenvalue weighted by Gasteiger charge is 2.26. The van der Waals surface area contributed by atoms with E-state index in [0.717, 1.165) is 5.69 Å². The third-order valence-electron chi connectivity index (χ3n) is 3.06. The smallest absolute Gasteiger partial charge is 0.257 e. The van der Waals surface area contributed by atoms with E-state index in [9.17, 15) is 4.79 Å². The van der Waals surface area contributed by atoms with E-state index in [1.807, 2.05) is 14.0 Å². The number of carbonyl (C=O) groups excluding carboxylic acids is 1. The van der Waals surface area contributed by atoms with Crippen LogP contribution < -0.4 is 0 Å². The maximum atomic E-state index is 12.3. The second-order valence-electron chi connectivity index (χ2n) is 4.17. The zero-order valence-corrected chi connectivity index (χ0v) is 10.8. The lowest BCUT2D eigenvalue weighted by atomic mass is 10.2. The highest BCUT2D eigenvalue weighted by molar-refractivity contribution is 6.18. The molecule has 1 saturated heterocycles. The van der Waals surface area contributed by atoms with Crippen LogP contribution in [0.5, 0.6) is 0 Å². The zero-order valence-electron chi connectivity index (χ0n) is 10.0. The van der Waals surface area contributed by atoms with E-state index >= 15 is 0 Å². The molecule has 0 bridgehead atoms. The Kier molecular flexibility index (Phi) is 3.69. The summed E-state index contributed by atoms with van der Waals surface area (Å²) in [5, 5.41) is 4.08. The largest absolute Gasteiger partial charge is 0.373 e. The Labute approximate surface area is 105 Å². The van der Waals surface area contributed by atoms with Crippen molar-refractivity contribution in [3.05, 3.63) is 17.5 Å². The summed E-state index contributed by atoms with van der Waals surface area (Å²) in [4.78, 5) is 14.0. The van der Waals surface area contributed by atoms with Crippen molar-refractivity contribution in [1.82, 2.24) is 14.7 Å². The van der Waals surface area contributed by atoms with Gasteiger partial charge in [-0.25, -0.2) is 0 Å². The highest BCUT2D eigenvalue weighted by atomic mass is 35.5. The van der Waals surface area contributed by atoms with Gasteiger partial charge in [0, 0.05) is 25.8 Å². The Bertz CT molecular complexity index is 419. The molecule has 1 fully saturated rings. The fourth-order valence-corrected chi connectivity index (χ4v) is 2.06. The van der Waals surface area contributed by atoms with Crippen molar-refractivity contribution in [1.29, 1.82) is 0 Å². The normalized spacial score (nSPS) is 20.6. The number of nitrogens with zero attached hydrogens (tertiary/aromatic N) is 3. The third-order valence-corrected chi connectivity index (χ3v) is 3.41. The fraction of sp³-hybridized carbons (Fsp3) is 0.636. The van der Waals surface area contributed by atoms with Crippen LogP contribution in [-0.4, -0.2) is 52.3 Å². The topological polar surface area (TPSA) is 47.4 Å². The minimum absolute atomic E-state index is 0.00835. The molecule has 1 atom stereocenters. The molecule has 1 amide bonds. The van der Waals surface area contributed by atoms with Gasteiger partial charge < -0.3 is 9.64 Å². The van der Waals surface area contributed by atoms with E-state index in [1.165, 1.54) is 0 Å². The van der Waals surface area contributed by atoms with Crippen molar-refractivity contribution in [2.24, 2.45) is 7.05 Å². The van der Waals surface area contributed by atoms with Gasteiger partial charge in [-0.1, -0.05) is 0 Å². The second kappa shape index (κ2) is 5.06. The predicted octanol–water partition coefficient (Wildman–Crippen LogP) is 0.808. The molecule has 5 nitrogen and oxygen atoms in total. The molecule has 17 heavy (non-hydrogen) atoms. The lowest BCUT2D eigenvalue weighted by Gasteiger charge is -2.31. The van der Waals surface area contributed by atoms with E-state index in [0.29, 0.717) is 31.1 Å². The van der Waals surface area contributed by atoms with Crippen molar-refractivity contribution in [2.45, 2.75) is 13.0 Å². The summed E-state index contributed by atoms with van der Waals surface area (Å²) in [6.07, 6.45) is 1.55. The van der Waals surface area contributed by atoms with Crippen molar-refractivity contribution in [3.63, 3.8) is 0 Å². The molecular formula is C11H16ClN3O2. The van der Waals surface area contributed by atoms with Crippen LogP contribution in [0.25, 0.3) is 0 Å². The van der Waals surface area contributed by atoms with Gasteiger partial charge in [-0.15, -0.1) is 11.6 Å². The number of aromatic nitrogens is 2. The van der Waals surface area contributed by atoms with E-state index < -0.39 is 0 Å². The first-order valence-corrected chi connectivity index (χ1v) is 6.12. The van der Waals surface area contributed by atoms with Crippen molar-refractivity contribution in [2.75, 3.05) is 25.6 Å². The zero-order chi connectivity index (χ0) is 12.4. The van der Waals surface area contributed by atoms with E-state index in [4.69, 9.17) is 16.3 Å². The molecule has 1 unspecified atom stereocenters. The Morgan fingerprint density at radius 3 is 3.06 bits per heavy atom. The third kappa shape index (κ3) is 2.45. The summed E-state index contributed by atoms with van der Waals surface area (Å²) in [6.45, 7) is 3.60. The first-order chi connectivity index (χ1) is 8.13. The number of alkyl halides is 1. The molecule has 1 aromatic heterocycles. The van der Waals surface area contributed by atoms with Crippen LogP contribution >= 0.6 is 11.6 Å². The van der Waals surface area contributed by atoms with E-state index in [1.54, 1.807) is 15.8 Å². The minimum Gasteiger partial charge on any atom is -0.373 e. The summed E-state index contributed by atoms with van der Waals surface area (Å²) in [5.41, 5.74) is 1.53. The van der Waals surface area contributed by atoms with Gasteiger partial charge in [-0.05, 0) is 6.92 Å². The molecule has 1 aliphatic heterocycles. The van der Waals surface area contributed by atoms with Crippen molar-refractivity contribution in [3.8, 4) is 0 Å². The van der Waals surface area contributed by atoms with Gasteiger partial charge in [0.2, 0.25) is 0 Å². The van der Waals surface area contributed by atoms with Crippen LogP contribution in [-0.2, 0) is 11.8 Å². The van der Waals surface area contributed by atoms with Crippen LogP contribution in [0.4, 0.5) is 0 Å². The molecule has 2 rings (SSSR count). The standard InChI is InChI=1S/C11H16ClN3O2/c1-8-10(6-13-14(8)2)11(16)15-3-4-17-9(5-12)7-15/h6,9H,3-5,7H2,1-2H3. The Morgan fingerprint density at radius 2 is 2.47 bits per heavy atom. The predicted molar refractivity (Wildman–Crippen MR) is 64.3 cm³/mol. The number of morpholine rings is 1. The molecule has 0 aliphatic carbocycles. The summed E-state index contributed by atoms with van der Waals surface area (Å²) in [6, 6.07) is 0. The first kappa shape index (κ1) is 12.4. The van der Waals surface area contributed by atoms with Crippen LogP contribution in [0.15, 0.2) is 6.20 Å². The molecule has 94 valence electrons. The maximum absolute atomic E-state index is 12.3. The van der Waals surface area contributed by atoms with Crippen molar-refractivity contribution < 1.29 is 9.53 Å². The number of carbonyl (C=O) groups is 1. The van der Waals surface area contributed by atoms with Crippen LogP contribution in [0.3, 0.4) is 0 Å². The summed E-state index contributed by atoms with van der Waals surface area (Å²) < 4.78 is 7.13. The molecule has 0 aromatic carbocycles. The van der Waals surface area contributed by atoms with E-state index in [2.05, 4.69) is 5.10 Å². The molecule has 0 spiro atoms. The molecule has 0 radical (unpaired) electrons. The first-order valence-electron chi connectivity index (χ1n) is 5.59. The number of ether oxygens (including phenoxy) is 1. The van der Waals surface area contributed by atoms with Gasteiger partial charge in [0.1, 0.15) is 0 Å². The summed E-state index contributed by atoms with van der Waals surface area (Å²) in [5.74, 6) is 0.421. The van der Waals surface area contributed by atoms with Gasteiger partial charge in [0.15, 0.2) is 0 Å². The lowest BCUT2D eigenvalue weighted by Crippen LogP contribution is -2.46. The van der Waals surface area contributed by atoms with Gasteiger partial charge in [-0.3, -0.25) is 9.48 Å². The Balaban J connectivity index is 2.12. The molecular weight excluding hydrogens is 242 g/mol. The van der Waals surface area contributed by atoms with Gasteiger partial charge >= 0.3 is 0 Å². The van der Waals surface area contributed by atoms with Gasteiger partial charge in [0.05, 0.1) is 30.4 Å². The highest BCUT2D eigenvalue weighted by Crippen LogP contribution is 2.13. The van der Waals surface area contributed by atoms with E-state index in [-0.39, 0.29) is 12.0 Å². The Morgan fingerprint density at radius 1 is 1.71 bits per heavy atom. The molecule has 1 aromatic rings. The monoisotopic (exact) mass is 257 g/mol. The number of rotatable bonds is 2. The second-order valence-corrected chi connectivity index (χ2v) is 4.47. The fourth-order valence-electron chi connectivity index (χ4n) is 1.88. The summed E-state index contributed by atoms with van der Waals surface area (Å²) >= 11 is 5.75. The van der Waals surface area contributed by atoms with Crippen LogP contribution in [0, 0.1) is 6.92 Å². The number of hydrogen-bond donors (Lipinski definition) is 0. The van der Waals surface area contributed by atoms with Gasteiger partial charge in [-0.2, -0.15) is 5.10 Å². The average Bonchev–Trinajstić information content (AvgIpc) is 2.69. The number of aryl methyl sites for hydroxylation is 1. The summed E-state index contributed by atoms with van der Waals surface area (Å²) in [7, 11) is 1.83. The van der Waals surface area contributed by atoms with Gasteiger partial charge in [0.25, 0.3) is 5.91 Å². The molecule has 1 aliphatic rings.